The molecular formula is C21H32O4. The molecule has 0 saturated heterocycles. The summed E-state index contributed by atoms with van der Waals surface area (Å²) < 4.78 is 0. The normalized spacial score (nSPS) is 43.3. The average Bonchev–Trinajstić information content (AvgIpc) is 2.80. The van der Waals surface area contributed by atoms with Gasteiger partial charge < -0.3 is 20.4 Å². The predicted molar refractivity (Wildman–Crippen MR) is 97.9 cm³/mol. The topological polar surface area (TPSA) is 80.9 Å². The average molecular weight is 348 g/mol. The number of rotatable bonds is 3. The van der Waals surface area contributed by atoms with Crippen molar-refractivity contribution in [3.8, 4) is 0 Å². The quantitative estimate of drug-likeness (QED) is 0.632. The van der Waals surface area contributed by atoms with Gasteiger partial charge in [-0.2, -0.15) is 0 Å². The van der Waals surface area contributed by atoms with Crippen molar-refractivity contribution >= 4 is 0 Å². The summed E-state index contributed by atoms with van der Waals surface area (Å²) in [6, 6.07) is 0. The van der Waals surface area contributed by atoms with E-state index in [0.29, 0.717) is 19.3 Å². The molecule has 0 bridgehead atoms. The maximum absolute atomic E-state index is 11.1. The molecule has 0 spiro atoms. The van der Waals surface area contributed by atoms with Gasteiger partial charge in [0, 0.05) is 5.41 Å². The van der Waals surface area contributed by atoms with Crippen molar-refractivity contribution in [2.45, 2.75) is 83.2 Å². The summed E-state index contributed by atoms with van der Waals surface area (Å²) in [6.45, 7) is 5.75. The summed E-state index contributed by atoms with van der Waals surface area (Å²) in [4.78, 5) is 0. The van der Waals surface area contributed by atoms with Crippen molar-refractivity contribution in [3.05, 3.63) is 34.9 Å². The molecule has 1 fully saturated rings. The summed E-state index contributed by atoms with van der Waals surface area (Å²) in [5, 5.41) is 41.6. The lowest BCUT2D eigenvalue weighted by Crippen LogP contribution is -2.54. The van der Waals surface area contributed by atoms with E-state index in [9.17, 15) is 20.4 Å². The molecule has 4 N–H and O–H groups in total. The van der Waals surface area contributed by atoms with E-state index in [0.717, 1.165) is 24.8 Å². The Morgan fingerprint density at radius 2 is 1.96 bits per heavy atom. The van der Waals surface area contributed by atoms with Crippen molar-refractivity contribution in [3.63, 3.8) is 0 Å². The van der Waals surface area contributed by atoms with E-state index in [1.807, 2.05) is 13.0 Å². The second-order valence-electron chi connectivity index (χ2n) is 8.58. The van der Waals surface area contributed by atoms with E-state index in [1.54, 1.807) is 6.92 Å². The molecule has 0 aliphatic heterocycles. The van der Waals surface area contributed by atoms with Gasteiger partial charge in [-0.25, -0.2) is 0 Å². The van der Waals surface area contributed by atoms with Crippen LogP contribution in [0, 0.1) is 11.3 Å². The maximum Gasteiger partial charge on any atom is 0.0962 e. The molecule has 3 aliphatic carbocycles. The van der Waals surface area contributed by atoms with Crippen LogP contribution in [0.4, 0.5) is 0 Å². The molecule has 0 aromatic carbocycles. The number of aliphatic hydroxyl groups is 4. The van der Waals surface area contributed by atoms with E-state index in [2.05, 4.69) is 19.1 Å². The summed E-state index contributed by atoms with van der Waals surface area (Å²) in [5.41, 5.74) is 1.82. The van der Waals surface area contributed by atoms with Crippen LogP contribution in [0.3, 0.4) is 0 Å². The van der Waals surface area contributed by atoms with Gasteiger partial charge >= 0.3 is 0 Å². The lowest BCUT2D eigenvalue weighted by Gasteiger charge is -2.48. The summed E-state index contributed by atoms with van der Waals surface area (Å²) in [7, 11) is 0. The molecule has 3 rings (SSSR count). The van der Waals surface area contributed by atoms with Crippen LogP contribution in [0.15, 0.2) is 34.9 Å². The highest BCUT2D eigenvalue weighted by atomic mass is 16.3. The Labute approximate surface area is 150 Å². The highest BCUT2D eigenvalue weighted by Crippen LogP contribution is 2.59. The Bertz CT molecular complexity index is 617. The van der Waals surface area contributed by atoms with Crippen LogP contribution in [0.5, 0.6) is 0 Å². The molecule has 0 unspecified atom stereocenters. The third kappa shape index (κ3) is 3.14. The zero-order chi connectivity index (χ0) is 18.4. The largest absolute Gasteiger partial charge is 0.393 e. The van der Waals surface area contributed by atoms with Gasteiger partial charge in [-0.3, -0.25) is 0 Å². The minimum Gasteiger partial charge on any atom is -0.393 e. The highest BCUT2D eigenvalue weighted by Gasteiger charge is 2.60. The Morgan fingerprint density at radius 3 is 2.64 bits per heavy atom. The van der Waals surface area contributed by atoms with Crippen LogP contribution in [-0.4, -0.2) is 44.3 Å². The summed E-state index contributed by atoms with van der Waals surface area (Å²) in [6.07, 6.45) is 8.56. The molecule has 0 radical (unpaired) electrons. The fourth-order valence-corrected chi connectivity index (χ4v) is 5.29. The molecule has 4 heteroatoms. The lowest BCUT2D eigenvalue weighted by molar-refractivity contribution is -0.148. The molecule has 0 heterocycles. The molecule has 1 saturated carbocycles. The Morgan fingerprint density at radius 1 is 1.24 bits per heavy atom. The van der Waals surface area contributed by atoms with Crippen molar-refractivity contribution < 1.29 is 20.4 Å². The Kier molecular flexibility index (Phi) is 5.02. The fourth-order valence-electron chi connectivity index (χ4n) is 5.29. The summed E-state index contributed by atoms with van der Waals surface area (Å²) in [5.74, 6) is 0.126. The molecule has 3 aliphatic rings. The smallest absolute Gasteiger partial charge is 0.0962 e. The van der Waals surface area contributed by atoms with Gasteiger partial charge in [0.05, 0.1) is 23.9 Å². The van der Waals surface area contributed by atoms with Gasteiger partial charge in [0.2, 0.25) is 0 Å². The van der Waals surface area contributed by atoms with Crippen LogP contribution < -0.4 is 0 Å². The molecule has 0 aromatic heterocycles. The molecule has 0 amide bonds. The number of allylic oxidation sites excluding steroid dienone is 4. The second kappa shape index (κ2) is 6.66. The fraction of sp³-hybridized carbons (Fsp3) is 0.714. The van der Waals surface area contributed by atoms with Gasteiger partial charge in [-0.15, -0.1) is 0 Å². The van der Waals surface area contributed by atoms with Crippen LogP contribution in [0.2, 0.25) is 0 Å². The van der Waals surface area contributed by atoms with Gasteiger partial charge in [-0.1, -0.05) is 30.7 Å². The Hall–Kier alpha value is -0.940. The lowest BCUT2D eigenvalue weighted by atomic mass is 9.61. The number of hydrogen-bond acceptors (Lipinski definition) is 4. The van der Waals surface area contributed by atoms with Crippen LogP contribution in [0.1, 0.15) is 59.3 Å². The zero-order valence-electron chi connectivity index (χ0n) is 15.6. The van der Waals surface area contributed by atoms with E-state index >= 15 is 0 Å². The van der Waals surface area contributed by atoms with E-state index in [1.165, 1.54) is 11.1 Å². The highest BCUT2D eigenvalue weighted by molar-refractivity contribution is 5.38. The standard InChI is InChI=1S/C21H32O4/c1-13-4-7-17(23)10-15(13)5-6-16-11-18(24)12-20(3)19(16)8-9-21(20,25)14(2)22/h5-6,11,14,17-19,22-25H,4,7-10,12H2,1-3H3/b6-5+/t14-,17+,18+,19+,20+,21+/m1/s1. The van der Waals surface area contributed by atoms with Crippen LogP contribution >= 0.6 is 0 Å². The molecule has 4 nitrogen and oxygen atoms in total. The second-order valence-corrected chi connectivity index (χ2v) is 8.58. The Balaban J connectivity index is 1.89. The monoisotopic (exact) mass is 348 g/mol. The van der Waals surface area contributed by atoms with Crippen molar-refractivity contribution in [1.29, 1.82) is 0 Å². The van der Waals surface area contributed by atoms with E-state index < -0.39 is 23.2 Å². The number of hydrogen-bond donors (Lipinski definition) is 4. The number of aliphatic hydroxyl groups excluding tert-OH is 3. The molecular weight excluding hydrogens is 316 g/mol. The van der Waals surface area contributed by atoms with E-state index in [4.69, 9.17) is 0 Å². The first kappa shape index (κ1) is 18.8. The van der Waals surface area contributed by atoms with Crippen molar-refractivity contribution in [2.24, 2.45) is 11.3 Å². The minimum atomic E-state index is -1.16. The van der Waals surface area contributed by atoms with Crippen LogP contribution in [0.25, 0.3) is 0 Å². The van der Waals surface area contributed by atoms with Crippen molar-refractivity contribution in [1.82, 2.24) is 0 Å². The minimum absolute atomic E-state index is 0.126. The number of fused-ring (bicyclic) bond motifs is 1. The van der Waals surface area contributed by atoms with Crippen molar-refractivity contribution in [2.75, 3.05) is 0 Å². The van der Waals surface area contributed by atoms with Gasteiger partial charge in [0.25, 0.3) is 0 Å². The zero-order valence-corrected chi connectivity index (χ0v) is 15.6. The van der Waals surface area contributed by atoms with Gasteiger partial charge in [0.1, 0.15) is 0 Å². The predicted octanol–water partition coefficient (Wildman–Crippen LogP) is 2.62. The first-order valence-electron chi connectivity index (χ1n) is 9.52. The molecule has 140 valence electrons. The third-order valence-electron chi connectivity index (χ3n) is 7.02. The molecule has 6 atom stereocenters. The first-order valence-corrected chi connectivity index (χ1v) is 9.52. The van der Waals surface area contributed by atoms with Gasteiger partial charge in [-0.05, 0) is 69.4 Å². The molecule has 0 aromatic rings. The summed E-state index contributed by atoms with van der Waals surface area (Å²) >= 11 is 0. The van der Waals surface area contributed by atoms with Crippen LogP contribution in [-0.2, 0) is 0 Å². The maximum atomic E-state index is 11.1. The molecule has 25 heavy (non-hydrogen) atoms. The van der Waals surface area contributed by atoms with E-state index in [-0.39, 0.29) is 12.0 Å². The first-order chi connectivity index (χ1) is 11.7. The van der Waals surface area contributed by atoms with Gasteiger partial charge in [0.15, 0.2) is 0 Å². The SMILES string of the molecule is CC1=C(/C=C/C2=C[C@H](O)C[C@@]3(C)[C@H]2CC[C@]3(O)[C@@H](C)O)C[C@@H](O)CC1. The third-order valence-corrected chi connectivity index (χ3v) is 7.02.